The van der Waals surface area contributed by atoms with Gasteiger partial charge in [0.2, 0.25) is 5.96 Å². The summed E-state index contributed by atoms with van der Waals surface area (Å²) in [4.78, 5) is 20.8. The first kappa shape index (κ1) is 18.5. The van der Waals surface area contributed by atoms with Crippen LogP contribution in [0.4, 0.5) is 10.1 Å². The minimum Gasteiger partial charge on any atom is -0.326 e. The van der Waals surface area contributed by atoms with Gasteiger partial charge in [0.05, 0.1) is 6.54 Å². The van der Waals surface area contributed by atoms with Crippen molar-refractivity contribution in [3.8, 4) is 0 Å². The van der Waals surface area contributed by atoms with E-state index in [1.165, 1.54) is 18.2 Å². The number of hydrogen-bond acceptors (Lipinski definition) is 3. The SMILES string of the molecule is O=C(NC(=NCc1ccncc1)Nc1cccc(Cl)c1)c1cccc(F)c1. The molecular weight excluding hydrogens is 367 g/mol. The Labute approximate surface area is 160 Å². The normalized spacial score (nSPS) is 11.1. The van der Waals surface area contributed by atoms with Crippen molar-refractivity contribution in [3.63, 3.8) is 0 Å². The van der Waals surface area contributed by atoms with Crippen LogP contribution in [0.25, 0.3) is 0 Å². The lowest BCUT2D eigenvalue weighted by Crippen LogP contribution is -2.36. The van der Waals surface area contributed by atoms with Gasteiger partial charge in [0.15, 0.2) is 0 Å². The monoisotopic (exact) mass is 382 g/mol. The van der Waals surface area contributed by atoms with Crippen molar-refractivity contribution in [2.45, 2.75) is 6.54 Å². The standard InChI is InChI=1S/C20H16ClFN4O/c21-16-4-2-6-18(12-16)25-20(24-13-14-7-9-23-10-8-14)26-19(27)15-3-1-5-17(22)11-15/h1-12H,13H2,(H2,24,25,26,27). The highest BCUT2D eigenvalue weighted by molar-refractivity contribution is 6.31. The number of amides is 1. The number of rotatable bonds is 4. The van der Waals surface area contributed by atoms with Crippen LogP contribution >= 0.6 is 11.6 Å². The Morgan fingerprint density at radius 1 is 1.07 bits per heavy atom. The largest absolute Gasteiger partial charge is 0.326 e. The smallest absolute Gasteiger partial charge is 0.258 e. The summed E-state index contributed by atoms with van der Waals surface area (Å²) in [5.41, 5.74) is 1.78. The van der Waals surface area contributed by atoms with Gasteiger partial charge in [0, 0.05) is 28.7 Å². The van der Waals surface area contributed by atoms with E-state index in [2.05, 4.69) is 20.6 Å². The zero-order chi connectivity index (χ0) is 19.1. The molecule has 27 heavy (non-hydrogen) atoms. The quantitative estimate of drug-likeness (QED) is 0.523. The molecule has 0 unspecified atom stereocenters. The molecule has 3 aromatic rings. The number of carbonyl (C=O) groups excluding carboxylic acids is 1. The number of nitrogens with zero attached hydrogens (tertiary/aromatic N) is 2. The number of guanidine groups is 1. The van der Waals surface area contributed by atoms with Crippen molar-refractivity contribution in [1.29, 1.82) is 0 Å². The second kappa shape index (κ2) is 8.91. The van der Waals surface area contributed by atoms with Crippen LogP contribution in [0, 0.1) is 5.82 Å². The van der Waals surface area contributed by atoms with E-state index in [-0.39, 0.29) is 11.5 Å². The van der Waals surface area contributed by atoms with E-state index in [1.807, 2.05) is 12.1 Å². The minimum atomic E-state index is -0.485. The molecule has 0 aliphatic heterocycles. The van der Waals surface area contributed by atoms with Crippen LogP contribution in [0.3, 0.4) is 0 Å². The highest BCUT2D eigenvalue weighted by Crippen LogP contribution is 2.15. The van der Waals surface area contributed by atoms with Crippen molar-refractivity contribution in [2.24, 2.45) is 4.99 Å². The third-order valence-corrected chi connectivity index (χ3v) is 3.81. The van der Waals surface area contributed by atoms with Gasteiger partial charge in [-0.25, -0.2) is 9.38 Å². The van der Waals surface area contributed by atoms with Crippen molar-refractivity contribution in [3.05, 3.63) is 95.0 Å². The van der Waals surface area contributed by atoms with Gasteiger partial charge in [-0.2, -0.15) is 0 Å². The van der Waals surface area contributed by atoms with E-state index in [0.29, 0.717) is 17.3 Å². The van der Waals surface area contributed by atoms with Gasteiger partial charge in [0.1, 0.15) is 5.82 Å². The molecule has 0 atom stereocenters. The molecule has 0 saturated carbocycles. The van der Waals surface area contributed by atoms with Crippen LogP contribution in [-0.2, 0) is 6.54 Å². The fourth-order valence-electron chi connectivity index (χ4n) is 2.28. The van der Waals surface area contributed by atoms with E-state index in [0.717, 1.165) is 11.6 Å². The number of nitrogens with one attached hydrogen (secondary N) is 2. The lowest BCUT2D eigenvalue weighted by atomic mass is 10.2. The van der Waals surface area contributed by atoms with Gasteiger partial charge in [-0.15, -0.1) is 0 Å². The maximum absolute atomic E-state index is 13.4. The molecule has 0 bridgehead atoms. The van der Waals surface area contributed by atoms with Crippen LogP contribution < -0.4 is 10.6 Å². The second-order valence-corrected chi connectivity index (χ2v) is 6.06. The number of anilines is 1. The summed E-state index contributed by atoms with van der Waals surface area (Å²) in [6.07, 6.45) is 3.33. The third-order valence-electron chi connectivity index (χ3n) is 3.58. The Kier molecular flexibility index (Phi) is 6.12. The van der Waals surface area contributed by atoms with Crippen LogP contribution in [-0.4, -0.2) is 16.9 Å². The third kappa shape index (κ3) is 5.62. The first-order chi connectivity index (χ1) is 13.1. The Bertz CT molecular complexity index is 963. The Balaban J connectivity index is 1.81. The number of aliphatic imine (C=N–C) groups is 1. The number of hydrogen-bond donors (Lipinski definition) is 2. The average molecular weight is 383 g/mol. The summed E-state index contributed by atoms with van der Waals surface area (Å²) in [6.45, 7) is 0.328. The van der Waals surface area contributed by atoms with Gasteiger partial charge in [-0.05, 0) is 54.1 Å². The van der Waals surface area contributed by atoms with Gasteiger partial charge in [-0.1, -0.05) is 23.7 Å². The fraction of sp³-hybridized carbons (Fsp3) is 0.0500. The summed E-state index contributed by atoms with van der Waals surface area (Å²) in [7, 11) is 0. The van der Waals surface area contributed by atoms with E-state index in [4.69, 9.17) is 11.6 Å². The molecule has 0 fully saturated rings. The number of halogens is 2. The molecule has 1 amide bonds. The molecule has 1 heterocycles. The van der Waals surface area contributed by atoms with Crippen LogP contribution in [0.15, 0.2) is 78.0 Å². The zero-order valence-corrected chi connectivity index (χ0v) is 14.9. The Morgan fingerprint density at radius 2 is 1.85 bits per heavy atom. The molecule has 136 valence electrons. The number of benzene rings is 2. The van der Waals surface area contributed by atoms with Gasteiger partial charge >= 0.3 is 0 Å². The van der Waals surface area contributed by atoms with Gasteiger partial charge in [0.25, 0.3) is 5.91 Å². The lowest BCUT2D eigenvalue weighted by molar-refractivity contribution is 0.0976. The fourth-order valence-corrected chi connectivity index (χ4v) is 2.47. The predicted molar refractivity (Wildman–Crippen MR) is 104 cm³/mol. The molecule has 2 N–H and O–H groups in total. The summed E-state index contributed by atoms with van der Waals surface area (Å²) >= 11 is 6.00. The van der Waals surface area contributed by atoms with Gasteiger partial charge < -0.3 is 5.32 Å². The molecule has 3 rings (SSSR count). The van der Waals surface area contributed by atoms with Crippen LogP contribution in [0.5, 0.6) is 0 Å². The highest BCUT2D eigenvalue weighted by atomic mass is 35.5. The maximum Gasteiger partial charge on any atom is 0.258 e. The Hall–Kier alpha value is -3.25. The van der Waals surface area contributed by atoms with E-state index >= 15 is 0 Å². The van der Waals surface area contributed by atoms with Crippen LogP contribution in [0.1, 0.15) is 15.9 Å². The lowest BCUT2D eigenvalue weighted by Gasteiger charge is -2.12. The van der Waals surface area contributed by atoms with E-state index < -0.39 is 11.7 Å². The first-order valence-electron chi connectivity index (χ1n) is 8.13. The molecule has 2 aromatic carbocycles. The first-order valence-corrected chi connectivity index (χ1v) is 8.51. The zero-order valence-electron chi connectivity index (χ0n) is 14.2. The molecule has 0 aliphatic rings. The van der Waals surface area contributed by atoms with Crippen molar-refractivity contribution < 1.29 is 9.18 Å². The summed E-state index contributed by atoms with van der Waals surface area (Å²) < 4.78 is 13.4. The molecule has 7 heteroatoms. The molecule has 1 aromatic heterocycles. The molecule has 0 aliphatic carbocycles. The highest BCUT2D eigenvalue weighted by Gasteiger charge is 2.10. The molecule has 0 saturated heterocycles. The van der Waals surface area contributed by atoms with Crippen LogP contribution in [0.2, 0.25) is 5.02 Å². The number of carbonyl (C=O) groups is 1. The summed E-state index contributed by atoms with van der Waals surface area (Å²) in [5.74, 6) is -0.735. The molecular formula is C20H16ClFN4O. The Morgan fingerprint density at radius 3 is 2.59 bits per heavy atom. The molecule has 0 spiro atoms. The van der Waals surface area contributed by atoms with Gasteiger partial charge in [-0.3, -0.25) is 15.1 Å². The predicted octanol–water partition coefficient (Wildman–Crippen LogP) is 4.27. The minimum absolute atomic E-state index is 0.194. The number of aromatic nitrogens is 1. The maximum atomic E-state index is 13.4. The summed E-state index contributed by atoms with van der Waals surface area (Å²) in [6, 6.07) is 16.1. The number of pyridine rings is 1. The van der Waals surface area contributed by atoms with E-state index in [1.54, 1.807) is 36.7 Å². The second-order valence-electron chi connectivity index (χ2n) is 5.62. The topological polar surface area (TPSA) is 66.4 Å². The average Bonchev–Trinajstić information content (AvgIpc) is 2.67. The van der Waals surface area contributed by atoms with Crippen molar-refractivity contribution >= 4 is 29.2 Å². The van der Waals surface area contributed by atoms with Crippen molar-refractivity contribution in [2.75, 3.05) is 5.32 Å². The van der Waals surface area contributed by atoms with E-state index in [9.17, 15) is 9.18 Å². The summed E-state index contributed by atoms with van der Waals surface area (Å²) in [5, 5.41) is 6.25. The molecule has 0 radical (unpaired) electrons. The molecule has 5 nitrogen and oxygen atoms in total. The van der Waals surface area contributed by atoms with Crippen molar-refractivity contribution in [1.82, 2.24) is 10.3 Å².